The van der Waals surface area contributed by atoms with Crippen LogP contribution in [0.1, 0.15) is 0 Å². The highest BCUT2D eigenvalue weighted by Gasteiger charge is 2.11. The van der Waals surface area contributed by atoms with Gasteiger partial charge in [0.2, 0.25) is 0 Å². The number of hydrogen-bond donors (Lipinski definition) is 1. The highest BCUT2D eigenvalue weighted by Crippen LogP contribution is 2.14. The van der Waals surface area contributed by atoms with E-state index in [9.17, 15) is 0 Å². The molecule has 0 bridgehead atoms. The molecule has 0 spiro atoms. The van der Waals surface area contributed by atoms with Crippen molar-refractivity contribution < 1.29 is 4.74 Å². The second kappa shape index (κ2) is 4.28. The van der Waals surface area contributed by atoms with Gasteiger partial charge in [-0.05, 0) is 12.1 Å². The van der Waals surface area contributed by atoms with Gasteiger partial charge in [-0.1, -0.05) is 6.07 Å². The summed E-state index contributed by atoms with van der Waals surface area (Å²) in [5.41, 5.74) is 0. The lowest BCUT2D eigenvalue weighted by Gasteiger charge is -2.27. The maximum absolute atomic E-state index is 5.29. The maximum Gasteiger partial charge on any atom is 0.131 e. The molecular weight excluding hydrogens is 178 g/mol. The number of aromatic nitrogens is 1. The van der Waals surface area contributed by atoms with Crippen molar-refractivity contribution in [2.75, 3.05) is 43.6 Å². The van der Waals surface area contributed by atoms with E-state index in [1.165, 1.54) is 0 Å². The van der Waals surface area contributed by atoms with Crippen LogP contribution in [0.5, 0.6) is 0 Å². The Hall–Kier alpha value is -1.29. The predicted molar refractivity (Wildman–Crippen MR) is 56.8 cm³/mol. The van der Waals surface area contributed by atoms with Crippen molar-refractivity contribution in [3.63, 3.8) is 0 Å². The van der Waals surface area contributed by atoms with Crippen LogP contribution in [0.15, 0.2) is 18.2 Å². The Morgan fingerprint density at radius 2 is 2.14 bits per heavy atom. The lowest BCUT2D eigenvalue weighted by Crippen LogP contribution is -2.36. The summed E-state index contributed by atoms with van der Waals surface area (Å²) in [5.74, 6) is 1.94. The molecule has 0 saturated carbocycles. The molecule has 1 aromatic rings. The molecule has 0 unspecified atom stereocenters. The minimum atomic E-state index is 0.797. The van der Waals surface area contributed by atoms with Gasteiger partial charge in [-0.25, -0.2) is 4.98 Å². The molecule has 4 nitrogen and oxygen atoms in total. The molecule has 1 N–H and O–H groups in total. The van der Waals surface area contributed by atoms with Crippen LogP contribution in [0.4, 0.5) is 11.6 Å². The number of morpholine rings is 1. The second-order valence-electron chi connectivity index (χ2n) is 3.23. The molecule has 1 fully saturated rings. The molecule has 1 saturated heterocycles. The van der Waals surface area contributed by atoms with Gasteiger partial charge in [0, 0.05) is 20.1 Å². The van der Waals surface area contributed by atoms with Crippen molar-refractivity contribution in [2.24, 2.45) is 0 Å². The first-order valence-corrected chi connectivity index (χ1v) is 4.87. The van der Waals surface area contributed by atoms with Crippen LogP contribution in [0.25, 0.3) is 0 Å². The van der Waals surface area contributed by atoms with E-state index in [-0.39, 0.29) is 0 Å². The number of ether oxygens (including phenoxy) is 1. The van der Waals surface area contributed by atoms with Gasteiger partial charge < -0.3 is 15.0 Å². The van der Waals surface area contributed by atoms with E-state index in [0.717, 1.165) is 37.9 Å². The molecule has 4 heteroatoms. The fourth-order valence-electron chi connectivity index (χ4n) is 1.53. The van der Waals surface area contributed by atoms with E-state index in [1.807, 2.05) is 25.2 Å². The summed E-state index contributed by atoms with van der Waals surface area (Å²) in [4.78, 5) is 6.71. The lowest BCUT2D eigenvalue weighted by molar-refractivity contribution is 0.122. The molecule has 2 heterocycles. The van der Waals surface area contributed by atoms with Crippen molar-refractivity contribution in [2.45, 2.75) is 0 Å². The van der Waals surface area contributed by atoms with E-state index < -0.39 is 0 Å². The summed E-state index contributed by atoms with van der Waals surface area (Å²) in [5, 5.41) is 3.04. The Morgan fingerprint density at radius 3 is 2.86 bits per heavy atom. The molecule has 2 rings (SSSR count). The number of pyridine rings is 1. The zero-order chi connectivity index (χ0) is 9.80. The van der Waals surface area contributed by atoms with E-state index in [2.05, 4.69) is 15.2 Å². The van der Waals surface area contributed by atoms with Crippen LogP contribution in [0, 0.1) is 0 Å². The summed E-state index contributed by atoms with van der Waals surface area (Å²) >= 11 is 0. The average Bonchev–Trinajstić information content (AvgIpc) is 2.30. The highest BCUT2D eigenvalue weighted by molar-refractivity contribution is 5.46. The molecule has 1 aliphatic rings. The summed E-state index contributed by atoms with van der Waals surface area (Å²) in [6.07, 6.45) is 0. The van der Waals surface area contributed by atoms with Gasteiger partial charge >= 0.3 is 0 Å². The smallest absolute Gasteiger partial charge is 0.131 e. The molecule has 14 heavy (non-hydrogen) atoms. The first kappa shape index (κ1) is 9.27. The summed E-state index contributed by atoms with van der Waals surface area (Å²) in [6, 6.07) is 6.01. The molecule has 1 aliphatic heterocycles. The van der Waals surface area contributed by atoms with Crippen molar-refractivity contribution >= 4 is 11.6 Å². The van der Waals surface area contributed by atoms with Gasteiger partial charge in [0.05, 0.1) is 13.2 Å². The Morgan fingerprint density at radius 1 is 1.36 bits per heavy atom. The number of anilines is 2. The van der Waals surface area contributed by atoms with Crippen molar-refractivity contribution in [1.29, 1.82) is 0 Å². The zero-order valence-corrected chi connectivity index (χ0v) is 8.36. The van der Waals surface area contributed by atoms with Crippen LogP contribution >= 0.6 is 0 Å². The summed E-state index contributed by atoms with van der Waals surface area (Å²) in [7, 11) is 1.88. The Kier molecular flexibility index (Phi) is 2.84. The first-order chi connectivity index (χ1) is 6.90. The molecular formula is C10H15N3O. The van der Waals surface area contributed by atoms with E-state index >= 15 is 0 Å². The average molecular weight is 193 g/mol. The third kappa shape index (κ3) is 1.96. The minimum Gasteiger partial charge on any atom is -0.378 e. The zero-order valence-electron chi connectivity index (χ0n) is 8.36. The second-order valence-corrected chi connectivity index (χ2v) is 3.23. The highest BCUT2D eigenvalue weighted by atomic mass is 16.5. The molecule has 0 atom stereocenters. The van der Waals surface area contributed by atoms with Gasteiger partial charge in [0.1, 0.15) is 11.6 Å². The van der Waals surface area contributed by atoms with Crippen molar-refractivity contribution in [3.05, 3.63) is 18.2 Å². The van der Waals surface area contributed by atoms with Crippen LogP contribution in [-0.4, -0.2) is 38.3 Å². The van der Waals surface area contributed by atoms with Crippen LogP contribution in [-0.2, 0) is 4.74 Å². The van der Waals surface area contributed by atoms with E-state index in [0.29, 0.717) is 0 Å². The van der Waals surface area contributed by atoms with Gasteiger partial charge in [0.25, 0.3) is 0 Å². The molecule has 76 valence electrons. The Balaban J connectivity index is 2.13. The van der Waals surface area contributed by atoms with Gasteiger partial charge in [0.15, 0.2) is 0 Å². The largest absolute Gasteiger partial charge is 0.378 e. The monoisotopic (exact) mass is 193 g/mol. The van der Waals surface area contributed by atoms with Crippen LogP contribution in [0.3, 0.4) is 0 Å². The fraction of sp³-hybridized carbons (Fsp3) is 0.500. The number of hydrogen-bond acceptors (Lipinski definition) is 4. The Labute approximate surface area is 83.9 Å². The quantitative estimate of drug-likeness (QED) is 0.759. The number of nitrogens with one attached hydrogen (secondary N) is 1. The number of rotatable bonds is 2. The minimum absolute atomic E-state index is 0.797. The molecule has 0 aromatic carbocycles. The fourth-order valence-corrected chi connectivity index (χ4v) is 1.53. The van der Waals surface area contributed by atoms with Crippen molar-refractivity contribution in [3.8, 4) is 0 Å². The lowest BCUT2D eigenvalue weighted by atomic mass is 10.3. The predicted octanol–water partition coefficient (Wildman–Crippen LogP) is 0.960. The SMILES string of the molecule is CNc1cccc(N2CCOCC2)n1. The Bertz CT molecular complexity index is 297. The topological polar surface area (TPSA) is 37.4 Å². The maximum atomic E-state index is 5.29. The van der Waals surface area contributed by atoms with Gasteiger partial charge in [-0.15, -0.1) is 0 Å². The summed E-state index contributed by atoms with van der Waals surface area (Å²) in [6.45, 7) is 3.46. The normalized spacial score (nSPS) is 16.8. The summed E-state index contributed by atoms with van der Waals surface area (Å²) < 4.78 is 5.29. The molecule has 1 aromatic heterocycles. The van der Waals surface area contributed by atoms with Gasteiger partial charge in [-0.2, -0.15) is 0 Å². The molecule has 0 amide bonds. The third-order valence-electron chi connectivity index (χ3n) is 2.33. The molecule has 0 aliphatic carbocycles. The van der Waals surface area contributed by atoms with Crippen LogP contribution < -0.4 is 10.2 Å². The van der Waals surface area contributed by atoms with Crippen LogP contribution in [0.2, 0.25) is 0 Å². The van der Waals surface area contributed by atoms with Gasteiger partial charge in [-0.3, -0.25) is 0 Å². The van der Waals surface area contributed by atoms with E-state index in [1.54, 1.807) is 0 Å². The number of nitrogens with zero attached hydrogens (tertiary/aromatic N) is 2. The standard InChI is InChI=1S/C10H15N3O/c1-11-9-3-2-4-10(12-9)13-5-7-14-8-6-13/h2-4H,5-8H2,1H3,(H,11,12). The first-order valence-electron chi connectivity index (χ1n) is 4.87. The van der Waals surface area contributed by atoms with E-state index in [4.69, 9.17) is 4.74 Å². The van der Waals surface area contributed by atoms with Crippen molar-refractivity contribution in [1.82, 2.24) is 4.98 Å². The third-order valence-corrected chi connectivity index (χ3v) is 2.33. The molecule has 0 radical (unpaired) electrons.